The monoisotopic (exact) mass is 296 g/mol. The summed E-state index contributed by atoms with van der Waals surface area (Å²) in [5.74, 6) is -4.71. The molecule has 0 aliphatic carbocycles. The third-order valence-electron chi connectivity index (χ3n) is 3.04. The summed E-state index contributed by atoms with van der Waals surface area (Å²) in [4.78, 5) is 15.8. The van der Waals surface area contributed by atoms with Gasteiger partial charge < -0.3 is 5.32 Å². The Morgan fingerprint density at radius 1 is 1.43 bits per heavy atom. The Bertz CT molecular complexity index is 668. The van der Waals surface area contributed by atoms with Gasteiger partial charge in [-0.2, -0.15) is 0 Å². The minimum Gasteiger partial charge on any atom is -0.324 e. The number of fused-ring (bicyclic) bond motifs is 1. The van der Waals surface area contributed by atoms with Gasteiger partial charge in [0.15, 0.2) is 0 Å². The number of carbonyl (C=O) groups is 1. The molecule has 1 N–H and O–H groups in total. The van der Waals surface area contributed by atoms with Crippen LogP contribution >= 0.6 is 0 Å². The summed E-state index contributed by atoms with van der Waals surface area (Å²) < 4.78 is 39.2. The summed E-state index contributed by atoms with van der Waals surface area (Å²) in [6.07, 6.45) is 0.772. The number of carbonyl (C=O) groups excluding carboxylic acids is 1. The molecule has 2 aromatic rings. The number of anilines is 1. The van der Waals surface area contributed by atoms with Crippen LogP contribution in [0.2, 0.25) is 0 Å². The molecule has 0 fully saturated rings. The molecule has 1 unspecified atom stereocenters. The highest BCUT2D eigenvalue weighted by atomic mass is 19.3. The highest BCUT2D eigenvalue weighted by Crippen LogP contribution is 2.24. The second-order valence-electron chi connectivity index (χ2n) is 5.20. The first-order valence-electron chi connectivity index (χ1n) is 6.49. The lowest BCUT2D eigenvalue weighted by atomic mass is 10.0. The summed E-state index contributed by atoms with van der Waals surface area (Å²) in [6.45, 7) is 2.21. The SMILES string of the molecule is CC(CC(C)(F)F)C(=O)Nc1cnc2c(F)cccc2c1. The van der Waals surface area contributed by atoms with Crippen LogP contribution in [0, 0.1) is 11.7 Å². The fraction of sp³-hybridized carbons (Fsp3) is 0.333. The van der Waals surface area contributed by atoms with E-state index in [2.05, 4.69) is 10.3 Å². The standard InChI is InChI=1S/C15H15F3N2O/c1-9(7-15(2,17)18)14(21)20-11-6-10-4-3-5-12(16)13(10)19-8-11/h3-6,8-9H,7H2,1-2H3,(H,20,21). The van der Waals surface area contributed by atoms with Crippen LogP contribution in [0.25, 0.3) is 10.9 Å². The molecule has 21 heavy (non-hydrogen) atoms. The van der Waals surface area contributed by atoms with Crippen LogP contribution in [0.15, 0.2) is 30.5 Å². The Hall–Kier alpha value is -2.11. The molecule has 0 saturated heterocycles. The van der Waals surface area contributed by atoms with E-state index in [4.69, 9.17) is 0 Å². The molecular formula is C15H15F3N2O. The zero-order valence-corrected chi connectivity index (χ0v) is 11.7. The number of rotatable bonds is 4. The molecule has 0 saturated carbocycles. The molecule has 1 heterocycles. The predicted octanol–water partition coefficient (Wildman–Crippen LogP) is 3.99. The molecule has 1 amide bonds. The predicted molar refractivity (Wildman–Crippen MR) is 74.7 cm³/mol. The maximum atomic E-state index is 13.5. The maximum absolute atomic E-state index is 13.5. The third kappa shape index (κ3) is 3.93. The van der Waals surface area contributed by atoms with Crippen LogP contribution in [-0.2, 0) is 4.79 Å². The Kier molecular flexibility index (Phi) is 4.16. The van der Waals surface area contributed by atoms with E-state index in [1.165, 1.54) is 25.3 Å². The van der Waals surface area contributed by atoms with Gasteiger partial charge in [0.05, 0.1) is 11.9 Å². The molecule has 0 aliphatic rings. The van der Waals surface area contributed by atoms with Gasteiger partial charge in [0, 0.05) is 17.7 Å². The number of nitrogens with one attached hydrogen (secondary N) is 1. The Morgan fingerprint density at radius 2 is 2.14 bits per heavy atom. The number of pyridine rings is 1. The first-order valence-corrected chi connectivity index (χ1v) is 6.49. The van der Waals surface area contributed by atoms with Gasteiger partial charge in [0.1, 0.15) is 11.3 Å². The number of alkyl halides is 2. The van der Waals surface area contributed by atoms with Crippen LogP contribution in [0.3, 0.4) is 0 Å². The van der Waals surface area contributed by atoms with E-state index in [1.807, 2.05) is 0 Å². The smallest absolute Gasteiger partial charge is 0.246 e. The van der Waals surface area contributed by atoms with Gasteiger partial charge in [0.2, 0.25) is 11.8 Å². The number of aromatic nitrogens is 1. The van der Waals surface area contributed by atoms with E-state index in [0.29, 0.717) is 11.1 Å². The summed E-state index contributed by atoms with van der Waals surface area (Å²) in [7, 11) is 0. The van der Waals surface area contributed by atoms with Gasteiger partial charge >= 0.3 is 0 Å². The van der Waals surface area contributed by atoms with Crippen molar-refractivity contribution in [2.24, 2.45) is 5.92 Å². The highest BCUT2D eigenvalue weighted by molar-refractivity contribution is 5.94. The lowest BCUT2D eigenvalue weighted by Gasteiger charge is -2.16. The van der Waals surface area contributed by atoms with Gasteiger partial charge in [-0.3, -0.25) is 9.78 Å². The van der Waals surface area contributed by atoms with E-state index in [0.717, 1.165) is 6.92 Å². The van der Waals surface area contributed by atoms with Gasteiger partial charge in [-0.15, -0.1) is 0 Å². The van der Waals surface area contributed by atoms with Crippen LogP contribution in [-0.4, -0.2) is 16.8 Å². The van der Waals surface area contributed by atoms with Crippen LogP contribution in [0.4, 0.5) is 18.9 Å². The first-order chi connectivity index (χ1) is 9.76. The molecule has 2 rings (SSSR count). The molecule has 1 aromatic carbocycles. The van der Waals surface area contributed by atoms with E-state index < -0.39 is 30.0 Å². The van der Waals surface area contributed by atoms with Crippen molar-refractivity contribution in [3.63, 3.8) is 0 Å². The van der Waals surface area contributed by atoms with Gasteiger partial charge in [-0.05, 0) is 19.1 Å². The van der Waals surface area contributed by atoms with E-state index in [1.54, 1.807) is 12.1 Å². The topological polar surface area (TPSA) is 42.0 Å². The number of para-hydroxylation sites is 1. The molecule has 0 radical (unpaired) electrons. The number of hydrogen-bond acceptors (Lipinski definition) is 2. The third-order valence-corrected chi connectivity index (χ3v) is 3.04. The molecular weight excluding hydrogens is 281 g/mol. The van der Waals surface area contributed by atoms with Gasteiger partial charge in [-0.1, -0.05) is 19.1 Å². The maximum Gasteiger partial charge on any atom is 0.246 e. The van der Waals surface area contributed by atoms with Crippen molar-refractivity contribution in [3.8, 4) is 0 Å². The summed E-state index contributed by atoms with van der Waals surface area (Å²) in [5.41, 5.74) is 0.549. The Morgan fingerprint density at radius 3 is 2.81 bits per heavy atom. The average molecular weight is 296 g/mol. The molecule has 6 heteroatoms. The fourth-order valence-electron chi connectivity index (χ4n) is 2.09. The molecule has 0 spiro atoms. The number of amides is 1. The number of halogens is 3. The minimum absolute atomic E-state index is 0.198. The van der Waals surface area contributed by atoms with Gasteiger partial charge in [0.25, 0.3) is 0 Å². The normalized spacial score (nSPS) is 13.2. The average Bonchev–Trinajstić information content (AvgIpc) is 2.36. The zero-order chi connectivity index (χ0) is 15.6. The van der Waals surface area contributed by atoms with Crippen LogP contribution in [0.1, 0.15) is 20.3 Å². The first kappa shape index (κ1) is 15.3. The summed E-state index contributed by atoms with van der Waals surface area (Å²) >= 11 is 0. The molecule has 0 bridgehead atoms. The van der Waals surface area contributed by atoms with Crippen molar-refractivity contribution in [2.75, 3.05) is 5.32 Å². The number of benzene rings is 1. The van der Waals surface area contributed by atoms with Crippen molar-refractivity contribution in [2.45, 2.75) is 26.2 Å². The quantitative estimate of drug-likeness (QED) is 0.926. The molecule has 1 aromatic heterocycles. The van der Waals surface area contributed by atoms with Crippen molar-refractivity contribution in [1.82, 2.24) is 4.98 Å². The second-order valence-corrected chi connectivity index (χ2v) is 5.20. The van der Waals surface area contributed by atoms with Gasteiger partial charge in [-0.25, -0.2) is 13.2 Å². The lowest BCUT2D eigenvalue weighted by Crippen LogP contribution is -2.26. The van der Waals surface area contributed by atoms with Crippen molar-refractivity contribution in [3.05, 3.63) is 36.3 Å². The van der Waals surface area contributed by atoms with E-state index >= 15 is 0 Å². The number of hydrogen-bond donors (Lipinski definition) is 1. The number of nitrogens with zero attached hydrogens (tertiary/aromatic N) is 1. The Balaban J connectivity index is 2.14. The molecule has 112 valence electrons. The largest absolute Gasteiger partial charge is 0.324 e. The van der Waals surface area contributed by atoms with Crippen molar-refractivity contribution in [1.29, 1.82) is 0 Å². The fourth-order valence-corrected chi connectivity index (χ4v) is 2.09. The lowest BCUT2D eigenvalue weighted by molar-refractivity contribution is -0.122. The van der Waals surface area contributed by atoms with Crippen molar-refractivity contribution < 1.29 is 18.0 Å². The molecule has 0 aliphatic heterocycles. The van der Waals surface area contributed by atoms with Crippen LogP contribution < -0.4 is 5.32 Å². The Labute approximate surface area is 120 Å². The minimum atomic E-state index is -2.90. The van der Waals surface area contributed by atoms with Crippen molar-refractivity contribution >= 4 is 22.5 Å². The second kappa shape index (κ2) is 5.71. The summed E-state index contributed by atoms with van der Waals surface area (Å²) in [6, 6.07) is 6.04. The zero-order valence-electron chi connectivity index (χ0n) is 11.7. The molecule has 1 atom stereocenters. The summed E-state index contributed by atoms with van der Waals surface area (Å²) in [5, 5.41) is 3.05. The van der Waals surface area contributed by atoms with Crippen LogP contribution in [0.5, 0.6) is 0 Å². The van der Waals surface area contributed by atoms with E-state index in [-0.39, 0.29) is 5.52 Å². The molecule has 3 nitrogen and oxygen atoms in total. The van der Waals surface area contributed by atoms with E-state index in [9.17, 15) is 18.0 Å². The highest BCUT2D eigenvalue weighted by Gasteiger charge is 2.28.